The molecule has 0 atom stereocenters. The van der Waals surface area contributed by atoms with E-state index in [9.17, 15) is 4.79 Å². The summed E-state index contributed by atoms with van der Waals surface area (Å²) in [6.07, 6.45) is 1.69. The first-order valence-corrected chi connectivity index (χ1v) is 12.7. The lowest BCUT2D eigenvalue weighted by atomic mass is 10.2. The Morgan fingerprint density at radius 2 is 1.84 bits per heavy atom. The summed E-state index contributed by atoms with van der Waals surface area (Å²) in [6.45, 7) is 4.88. The summed E-state index contributed by atoms with van der Waals surface area (Å²) in [5.74, 6) is 2.80. The Morgan fingerprint density at radius 1 is 1.12 bits per heavy atom. The summed E-state index contributed by atoms with van der Waals surface area (Å²) in [5, 5.41) is 4.12. The van der Waals surface area contributed by atoms with Gasteiger partial charge in [-0.1, -0.05) is 42.5 Å². The van der Waals surface area contributed by atoms with Gasteiger partial charge in [0, 0.05) is 35.0 Å². The van der Waals surface area contributed by atoms with Crippen LogP contribution in [0.3, 0.4) is 0 Å². The van der Waals surface area contributed by atoms with Gasteiger partial charge in [0.05, 0.1) is 10.8 Å². The summed E-state index contributed by atoms with van der Waals surface area (Å²) < 4.78 is 8.35. The molecule has 1 amide bonds. The van der Waals surface area contributed by atoms with E-state index >= 15 is 0 Å². The average Bonchev–Trinajstić information content (AvgIpc) is 3.44. The molecule has 166 valence electrons. The van der Waals surface area contributed by atoms with Crippen LogP contribution in [-0.4, -0.2) is 34.8 Å². The van der Waals surface area contributed by atoms with Gasteiger partial charge in [-0.2, -0.15) is 5.10 Å². The molecule has 0 radical (unpaired) electrons. The highest BCUT2D eigenvalue weighted by atomic mass is 32.2. The summed E-state index contributed by atoms with van der Waals surface area (Å²) in [6, 6.07) is 20.4. The van der Waals surface area contributed by atoms with Crippen molar-refractivity contribution in [2.45, 2.75) is 25.0 Å². The smallest absolute Gasteiger partial charge is 0.277 e. The van der Waals surface area contributed by atoms with Gasteiger partial charge in [0.1, 0.15) is 5.75 Å². The largest absolute Gasteiger partial charge is 0.484 e. The maximum absolute atomic E-state index is 12.1. The Bertz CT molecular complexity index is 1070. The number of rotatable bonds is 8. The van der Waals surface area contributed by atoms with Crippen molar-refractivity contribution in [3.05, 3.63) is 88.7 Å². The second-order valence-electron chi connectivity index (χ2n) is 7.62. The van der Waals surface area contributed by atoms with Crippen LogP contribution in [0.5, 0.6) is 5.75 Å². The highest BCUT2D eigenvalue weighted by Crippen LogP contribution is 2.45. The Labute approximate surface area is 197 Å². The van der Waals surface area contributed by atoms with Crippen LogP contribution < -0.4 is 10.2 Å². The fraction of sp³-hybridized carbons (Fsp3) is 0.280. The highest BCUT2D eigenvalue weighted by Gasteiger charge is 2.18. The zero-order valence-corrected chi connectivity index (χ0v) is 19.9. The second-order valence-corrected chi connectivity index (χ2v) is 10.3. The molecule has 0 bridgehead atoms. The fourth-order valence-electron chi connectivity index (χ4n) is 3.59. The van der Waals surface area contributed by atoms with Crippen LogP contribution in [-0.2, 0) is 11.3 Å². The third-order valence-corrected chi connectivity index (χ3v) is 8.44. The summed E-state index contributed by atoms with van der Waals surface area (Å²) in [7, 11) is 0. The molecule has 3 aromatic rings. The molecule has 0 saturated carbocycles. The van der Waals surface area contributed by atoms with Crippen LogP contribution in [0.25, 0.3) is 0 Å². The Morgan fingerprint density at radius 3 is 2.56 bits per heavy atom. The molecule has 1 aliphatic rings. The van der Waals surface area contributed by atoms with Gasteiger partial charge in [0.25, 0.3) is 5.91 Å². The molecule has 1 saturated heterocycles. The first-order chi connectivity index (χ1) is 15.6. The topological polar surface area (TPSA) is 55.6 Å². The van der Waals surface area contributed by atoms with Crippen LogP contribution in [0, 0.1) is 13.8 Å². The number of carbonyl (C=O) groups excluding carboxylic acids is 1. The molecule has 1 N–H and O–H groups in total. The predicted molar refractivity (Wildman–Crippen MR) is 135 cm³/mol. The van der Waals surface area contributed by atoms with E-state index in [-0.39, 0.29) is 12.5 Å². The van der Waals surface area contributed by atoms with E-state index in [0.717, 1.165) is 23.5 Å². The predicted octanol–water partition coefficient (Wildman–Crippen LogP) is 5.16. The molecule has 1 fully saturated rings. The van der Waals surface area contributed by atoms with Crippen LogP contribution in [0.2, 0.25) is 0 Å². The van der Waals surface area contributed by atoms with E-state index in [2.05, 4.69) is 59.3 Å². The highest BCUT2D eigenvalue weighted by molar-refractivity contribution is 8.19. The van der Waals surface area contributed by atoms with Gasteiger partial charge in [-0.15, -0.1) is 23.5 Å². The number of nitrogens with one attached hydrogen (secondary N) is 1. The molecule has 2 aromatic carbocycles. The normalized spacial score (nSPS) is 14.2. The van der Waals surface area contributed by atoms with Crippen LogP contribution in [0.1, 0.15) is 32.7 Å². The van der Waals surface area contributed by atoms with Gasteiger partial charge in [0.15, 0.2) is 6.61 Å². The molecular weight excluding hydrogens is 438 g/mol. The molecule has 4 rings (SSSR count). The Hall–Kier alpha value is -2.64. The van der Waals surface area contributed by atoms with Gasteiger partial charge >= 0.3 is 0 Å². The van der Waals surface area contributed by atoms with Crippen molar-refractivity contribution in [1.82, 2.24) is 9.99 Å². The van der Waals surface area contributed by atoms with Crippen molar-refractivity contribution in [1.29, 1.82) is 0 Å². The van der Waals surface area contributed by atoms with Crippen LogP contribution in [0.4, 0.5) is 0 Å². The molecule has 0 spiro atoms. The van der Waals surface area contributed by atoms with E-state index in [1.807, 2.05) is 53.9 Å². The number of ether oxygens (including phenoxy) is 1. The summed E-state index contributed by atoms with van der Waals surface area (Å²) in [4.78, 5) is 12.1. The van der Waals surface area contributed by atoms with Gasteiger partial charge in [-0.05, 0) is 43.2 Å². The SMILES string of the molecule is Cc1cc(/C=N\NC(=O)COc2ccc(C3SCCS3)cc2)c(C)n1Cc1ccccc1. The third-order valence-electron chi connectivity index (χ3n) is 5.33. The molecule has 1 aromatic heterocycles. The van der Waals surface area contributed by atoms with E-state index in [4.69, 9.17) is 4.74 Å². The van der Waals surface area contributed by atoms with Gasteiger partial charge in [-0.25, -0.2) is 5.43 Å². The van der Waals surface area contributed by atoms with E-state index in [1.54, 1.807) is 6.21 Å². The number of hydrogen-bond donors (Lipinski definition) is 1. The third kappa shape index (κ3) is 5.78. The van der Waals surface area contributed by atoms with Crippen molar-refractivity contribution in [3.8, 4) is 5.75 Å². The van der Waals surface area contributed by atoms with Crippen LogP contribution >= 0.6 is 23.5 Å². The lowest BCUT2D eigenvalue weighted by Crippen LogP contribution is -2.24. The number of benzene rings is 2. The minimum absolute atomic E-state index is 0.0728. The second kappa shape index (κ2) is 10.8. The maximum Gasteiger partial charge on any atom is 0.277 e. The molecule has 1 aliphatic heterocycles. The molecule has 32 heavy (non-hydrogen) atoms. The van der Waals surface area contributed by atoms with E-state index in [1.165, 1.54) is 22.6 Å². The number of nitrogens with zero attached hydrogens (tertiary/aromatic N) is 2. The molecule has 0 aliphatic carbocycles. The zero-order valence-electron chi connectivity index (χ0n) is 18.3. The van der Waals surface area contributed by atoms with Crippen molar-refractivity contribution >= 4 is 35.6 Å². The molecule has 2 heterocycles. The van der Waals surface area contributed by atoms with Crippen molar-refractivity contribution in [2.24, 2.45) is 5.10 Å². The first kappa shape index (κ1) is 22.6. The number of amides is 1. The van der Waals surface area contributed by atoms with Gasteiger partial charge in [0.2, 0.25) is 0 Å². The standard InChI is InChI=1S/C25H27N3O2S2/c1-18-14-22(19(2)28(18)16-20-6-4-3-5-7-20)15-26-27-24(29)17-30-23-10-8-21(9-11-23)25-31-12-13-32-25/h3-11,14-15,25H,12-13,16-17H2,1-2H3,(H,27,29)/b26-15-. The lowest BCUT2D eigenvalue weighted by Gasteiger charge is -2.10. The van der Waals surface area contributed by atoms with E-state index in [0.29, 0.717) is 10.3 Å². The Kier molecular flexibility index (Phi) is 7.60. The van der Waals surface area contributed by atoms with Gasteiger partial charge < -0.3 is 9.30 Å². The number of hydrogen-bond acceptors (Lipinski definition) is 5. The minimum atomic E-state index is -0.287. The molecular formula is C25H27N3O2S2. The van der Waals surface area contributed by atoms with Crippen molar-refractivity contribution in [2.75, 3.05) is 18.1 Å². The Balaban J connectivity index is 1.27. The maximum atomic E-state index is 12.1. The lowest BCUT2D eigenvalue weighted by molar-refractivity contribution is -0.123. The van der Waals surface area contributed by atoms with E-state index < -0.39 is 0 Å². The number of thioether (sulfide) groups is 2. The van der Waals surface area contributed by atoms with Crippen molar-refractivity contribution < 1.29 is 9.53 Å². The monoisotopic (exact) mass is 465 g/mol. The summed E-state index contributed by atoms with van der Waals surface area (Å²) >= 11 is 3.94. The number of hydrazone groups is 1. The number of carbonyl (C=O) groups is 1. The first-order valence-electron chi connectivity index (χ1n) is 10.6. The van der Waals surface area contributed by atoms with Crippen molar-refractivity contribution in [3.63, 3.8) is 0 Å². The molecule has 7 heteroatoms. The van der Waals surface area contributed by atoms with Gasteiger partial charge in [-0.3, -0.25) is 4.79 Å². The minimum Gasteiger partial charge on any atom is -0.484 e. The quantitative estimate of drug-likeness (QED) is 0.369. The average molecular weight is 466 g/mol. The summed E-state index contributed by atoms with van der Waals surface area (Å²) in [5.41, 5.74) is 8.34. The molecule has 0 unspecified atom stereocenters. The van der Waals surface area contributed by atoms with Crippen LogP contribution in [0.15, 0.2) is 65.8 Å². The zero-order chi connectivity index (χ0) is 22.3. The number of aromatic nitrogens is 1. The fourth-order valence-corrected chi connectivity index (χ4v) is 6.45. The number of aryl methyl sites for hydroxylation is 1. The molecule has 5 nitrogen and oxygen atoms in total.